The summed E-state index contributed by atoms with van der Waals surface area (Å²) in [4.78, 5) is 2.66. The first-order chi connectivity index (χ1) is 7.27. The Morgan fingerprint density at radius 2 is 2.07 bits per heavy atom. The molecule has 1 heterocycles. The molecular weight excluding hydrogens is 204 g/mol. The highest BCUT2D eigenvalue weighted by Crippen LogP contribution is 2.16. The third-order valence-electron chi connectivity index (χ3n) is 3.45. The highest BCUT2D eigenvalue weighted by molar-refractivity contribution is 7.99. The van der Waals surface area contributed by atoms with Crippen molar-refractivity contribution in [2.24, 2.45) is 0 Å². The van der Waals surface area contributed by atoms with E-state index >= 15 is 0 Å². The number of nitrogens with one attached hydrogen (secondary N) is 1. The first kappa shape index (κ1) is 13.3. The maximum absolute atomic E-state index is 3.38. The van der Waals surface area contributed by atoms with Crippen molar-refractivity contribution in [3.8, 4) is 0 Å². The lowest BCUT2D eigenvalue weighted by atomic mass is 10.0. The lowest BCUT2D eigenvalue weighted by Gasteiger charge is -2.36. The molecule has 0 saturated carbocycles. The van der Waals surface area contributed by atoms with Crippen LogP contribution in [0.1, 0.15) is 33.1 Å². The fraction of sp³-hybridized carbons (Fsp3) is 1.00. The first-order valence-corrected chi connectivity index (χ1v) is 7.42. The zero-order chi connectivity index (χ0) is 11.1. The summed E-state index contributed by atoms with van der Waals surface area (Å²) in [7, 11) is 2.08. The van der Waals surface area contributed by atoms with Gasteiger partial charge in [0, 0.05) is 12.1 Å². The van der Waals surface area contributed by atoms with Gasteiger partial charge in [-0.25, -0.2) is 0 Å². The number of likely N-dealkylation sites (tertiary alicyclic amines) is 1. The van der Waals surface area contributed by atoms with Gasteiger partial charge in [-0.2, -0.15) is 11.8 Å². The van der Waals surface area contributed by atoms with Crippen LogP contribution >= 0.6 is 11.8 Å². The average Bonchev–Trinajstić information content (AvgIpc) is 2.29. The Morgan fingerprint density at radius 1 is 1.40 bits per heavy atom. The topological polar surface area (TPSA) is 15.3 Å². The van der Waals surface area contributed by atoms with Crippen molar-refractivity contribution in [3.05, 3.63) is 0 Å². The molecule has 90 valence electrons. The molecule has 15 heavy (non-hydrogen) atoms. The van der Waals surface area contributed by atoms with Crippen LogP contribution in [-0.2, 0) is 0 Å². The molecule has 1 aliphatic heterocycles. The van der Waals surface area contributed by atoms with E-state index in [1.807, 2.05) is 0 Å². The van der Waals surface area contributed by atoms with E-state index in [4.69, 9.17) is 0 Å². The van der Waals surface area contributed by atoms with E-state index in [0.29, 0.717) is 0 Å². The highest BCUT2D eigenvalue weighted by atomic mass is 32.2. The van der Waals surface area contributed by atoms with E-state index in [9.17, 15) is 0 Å². The Labute approximate surface area is 99.2 Å². The Bertz CT molecular complexity index is 156. The van der Waals surface area contributed by atoms with E-state index in [2.05, 4.69) is 42.9 Å². The molecule has 0 amide bonds. The zero-order valence-electron chi connectivity index (χ0n) is 10.5. The van der Waals surface area contributed by atoms with Crippen LogP contribution in [0.2, 0.25) is 0 Å². The zero-order valence-corrected chi connectivity index (χ0v) is 11.3. The third kappa shape index (κ3) is 4.75. The maximum atomic E-state index is 3.38. The average molecular weight is 230 g/mol. The number of hydrogen-bond acceptors (Lipinski definition) is 3. The summed E-state index contributed by atoms with van der Waals surface area (Å²) in [6.45, 7) is 7.19. The molecule has 1 fully saturated rings. The van der Waals surface area contributed by atoms with E-state index in [-0.39, 0.29) is 0 Å². The molecule has 0 spiro atoms. The van der Waals surface area contributed by atoms with E-state index < -0.39 is 0 Å². The molecule has 1 unspecified atom stereocenters. The van der Waals surface area contributed by atoms with Gasteiger partial charge in [-0.15, -0.1) is 0 Å². The predicted molar refractivity (Wildman–Crippen MR) is 70.7 cm³/mol. The minimum absolute atomic E-state index is 0.762. The highest BCUT2D eigenvalue weighted by Gasteiger charge is 2.21. The lowest BCUT2D eigenvalue weighted by Crippen LogP contribution is -2.45. The number of hydrogen-bond donors (Lipinski definition) is 1. The summed E-state index contributed by atoms with van der Waals surface area (Å²) in [5, 5.41) is 3.38. The van der Waals surface area contributed by atoms with Crippen LogP contribution in [0.15, 0.2) is 0 Å². The molecule has 1 N–H and O–H groups in total. The van der Waals surface area contributed by atoms with Gasteiger partial charge >= 0.3 is 0 Å². The number of rotatable bonds is 6. The molecule has 1 saturated heterocycles. The van der Waals surface area contributed by atoms with Gasteiger partial charge in [-0.05, 0) is 57.8 Å². The normalized spacial score (nSPS) is 21.8. The van der Waals surface area contributed by atoms with Crippen LogP contribution in [0, 0.1) is 0 Å². The Kier molecular flexibility index (Phi) is 6.69. The van der Waals surface area contributed by atoms with Crippen LogP contribution in [0.25, 0.3) is 0 Å². The summed E-state index contributed by atoms with van der Waals surface area (Å²) in [6.07, 6.45) is 3.99. The number of piperidine rings is 1. The van der Waals surface area contributed by atoms with Crippen molar-refractivity contribution in [2.45, 2.75) is 45.2 Å². The van der Waals surface area contributed by atoms with Gasteiger partial charge in [0.25, 0.3) is 0 Å². The van der Waals surface area contributed by atoms with Crippen molar-refractivity contribution >= 4 is 11.8 Å². The van der Waals surface area contributed by atoms with Crippen LogP contribution in [0.5, 0.6) is 0 Å². The SMILES string of the molecule is CCSCCC(C)N1CCC(NC)CC1. The molecule has 0 radical (unpaired) electrons. The third-order valence-corrected chi connectivity index (χ3v) is 4.38. The van der Waals surface area contributed by atoms with Gasteiger partial charge in [-0.1, -0.05) is 6.92 Å². The second-order valence-corrected chi connectivity index (χ2v) is 5.83. The summed E-state index contributed by atoms with van der Waals surface area (Å²) in [6, 6.07) is 1.54. The quantitative estimate of drug-likeness (QED) is 0.704. The van der Waals surface area contributed by atoms with Crippen molar-refractivity contribution < 1.29 is 0 Å². The molecule has 3 heteroatoms. The van der Waals surface area contributed by atoms with Crippen molar-refractivity contribution in [1.29, 1.82) is 0 Å². The molecular formula is C12H26N2S. The summed E-state index contributed by atoms with van der Waals surface area (Å²) in [5.41, 5.74) is 0. The fourth-order valence-corrected chi connectivity index (χ4v) is 3.01. The summed E-state index contributed by atoms with van der Waals surface area (Å²) < 4.78 is 0. The summed E-state index contributed by atoms with van der Waals surface area (Å²) >= 11 is 2.07. The minimum Gasteiger partial charge on any atom is -0.317 e. The monoisotopic (exact) mass is 230 g/mol. The summed E-state index contributed by atoms with van der Waals surface area (Å²) in [5.74, 6) is 2.58. The molecule has 2 nitrogen and oxygen atoms in total. The van der Waals surface area contributed by atoms with E-state index in [0.717, 1.165) is 12.1 Å². The van der Waals surface area contributed by atoms with Gasteiger partial charge in [-0.3, -0.25) is 0 Å². The number of thioether (sulfide) groups is 1. The Hall–Kier alpha value is 0.270. The van der Waals surface area contributed by atoms with Gasteiger partial charge in [0.1, 0.15) is 0 Å². The second-order valence-electron chi connectivity index (χ2n) is 4.43. The van der Waals surface area contributed by atoms with Crippen molar-refractivity contribution in [3.63, 3.8) is 0 Å². The molecule has 0 aromatic carbocycles. The molecule has 0 aliphatic carbocycles. The minimum atomic E-state index is 0.762. The van der Waals surface area contributed by atoms with Crippen LogP contribution in [0.4, 0.5) is 0 Å². The second kappa shape index (κ2) is 7.53. The van der Waals surface area contributed by atoms with Gasteiger partial charge in [0.05, 0.1) is 0 Å². The van der Waals surface area contributed by atoms with Crippen LogP contribution in [0.3, 0.4) is 0 Å². The van der Waals surface area contributed by atoms with Crippen LogP contribution < -0.4 is 5.32 Å². The smallest absolute Gasteiger partial charge is 0.00884 e. The fourth-order valence-electron chi connectivity index (χ4n) is 2.21. The number of nitrogens with zero attached hydrogens (tertiary/aromatic N) is 1. The molecule has 0 aromatic rings. The molecule has 0 aromatic heterocycles. The lowest BCUT2D eigenvalue weighted by molar-refractivity contribution is 0.152. The van der Waals surface area contributed by atoms with E-state index in [1.54, 1.807) is 0 Å². The molecule has 1 rings (SSSR count). The molecule has 0 bridgehead atoms. The van der Waals surface area contributed by atoms with Crippen LogP contribution in [-0.4, -0.2) is 48.6 Å². The van der Waals surface area contributed by atoms with Gasteiger partial charge < -0.3 is 10.2 Å². The van der Waals surface area contributed by atoms with Gasteiger partial charge in [0.15, 0.2) is 0 Å². The largest absolute Gasteiger partial charge is 0.317 e. The molecule has 1 atom stereocenters. The van der Waals surface area contributed by atoms with Gasteiger partial charge in [0.2, 0.25) is 0 Å². The maximum Gasteiger partial charge on any atom is 0.00884 e. The standard InChI is InChI=1S/C12H26N2S/c1-4-15-10-7-11(2)14-8-5-12(13-3)6-9-14/h11-13H,4-10H2,1-3H3. The molecule has 1 aliphatic rings. The van der Waals surface area contributed by atoms with E-state index in [1.165, 1.54) is 43.9 Å². The predicted octanol–water partition coefficient (Wildman–Crippen LogP) is 2.20. The van der Waals surface area contributed by atoms with Crippen molar-refractivity contribution in [2.75, 3.05) is 31.6 Å². The Morgan fingerprint density at radius 3 is 2.60 bits per heavy atom. The first-order valence-electron chi connectivity index (χ1n) is 6.27. The Balaban J connectivity index is 2.15. The van der Waals surface area contributed by atoms with Crippen molar-refractivity contribution in [1.82, 2.24) is 10.2 Å².